The molecular weight excluding hydrogens is 351 g/mol. The van der Waals surface area contributed by atoms with E-state index in [9.17, 15) is 12.8 Å². The number of piperidine rings is 1. The minimum absolute atomic E-state index is 0.225. The molecule has 1 aliphatic heterocycles. The summed E-state index contributed by atoms with van der Waals surface area (Å²) in [5.74, 6) is -0.225. The van der Waals surface area contributed by atoms with E-state index in [1.165, 1.54) is 6.07 Å². The number of hydrogen-bond donors (Lipinski definition) is 1. The summed E-state index contributed by atoms with van der Waals surface area (Å²) in [5, 5.41) is 3.23. The molecule has 0 saturated carbocycles. The van der Waals surface area contributed by atoms with Crippen molar-refractivity contribution in [2.75, 3.05) is 13.1 Å². The van der Waals surface area contributed by atoms with Crippen molar-refractivity contribution in [2.45, 2.75) is 44.2 Å². The van der Waals surface area contributed by atoms with Gasteiger partial charge in [0.05, 0.1) is 4.90 Å². The van der Waals surface area contributed by atoms with Gasteiger partial charge < -0.3 is 5.32 Å². The monoisotopic (exact) mass is 376 g/mol. The summed E-state index contributed by atoms with van der Waals surface area (Å²) in [6.07, 6.45) is 2.92. The highest BCUT2D eigenvalue weighted by molar-refractivity contribution is 7.89. The predicted molar refractivity (Wildman–Crippen MR) is 101 cm³/mol. The third kappa shape index (κ3) is 4.31. The van der Waals surface area contributed by atoms with E-state index in [0.29, 0.717) is 36.6 Å². The van der Waals surface area contributed by atoms with E-state index >= 15 is 0 Å². The van der Waals surface area contributed by atoms with E-state index in [0.717, 1.165) is 30.4 Å². The normalized spacial score (nSPS) is 15.9. The molecule has 1 saturated heterocycles. The maximum Gasteiger partial charge on any atom is 0.243 e. The first kappa shape index (κ1) is 19.0. The molecule has 1 fully saturated rings. The second-order valence-corrected chi connectivity index (χ2v) is 8.67. The van der Waals surface area contributed by atoms with Crippen LogP contribution in [0.15, 0.2) is 47.4 Å². The van der Waals surface area contributed by atoms with Crippen LogP contribution >= 0.6 is 0 Å². The number of nitrogens with zero attached hydrogens (tertiary/aromatic N) is 1. The standard InChI is InChI=1S/C20H25FN2O2S/c1-16-9-10-17(13-19(16)21)14-22-15-18-7-3-4-8-20(18)26(24,25)23-11-5-2-6-12-23/h3-4,7-10,13,22H,2,5-6,11-12,14-15H2,1H3. The topological polar surface area (TPSA) is 49.4 Å². The number of hydrogen-bond acceptors (Lipinski definition) is 3. The SMILES string of the molecule is Cc1ccc(CNCc2ccccc2S(=O)(=O)N2CCCCC2)cc1F. The summed E-state index contributed by atoms with van der Waals surface area (Å²) in [6, 6.07) is 12.3. The second kappa shape index (κ2) is 8.29. The van der Waals surface area contributed by atoms with Crippen LogP contribution in [0.3, 0.4) is 0 Å². The summed E-state index contributed by atoms with van der Waals surface area (Å²) in [5.41, 5.74) is 2.20. The fourth-order valence-electron chi connectivity index (χ4n) is 3.23. The molecule has 1 N–H and O–H groups in total. The van der Waals surface area contributed by atoms with Gasteiger partial charge >= 0.3 is 0 Å². The zero-order valence-corrected chi connectivity index (χ0v) is 15.9. The quantitative estimate of drug-likeness (QED) is 0.838. The highest BCUT2D eigenvalue weighted by Crippen LogP contribution is 2.23. The van der Waals surface area contributed by atoms with Crippen molar-refractivity contribution in [3.63, 3.8) is 0 Å². The van der Waals surface area contributed by atoms with Crippen molar-refractivity contribution in [1.82, 2.24) is 9.62 Å². The predicted octanol–water partition coefficient (Wildman–Crippen LogP) is 3.60. The van der Waals surface area contributed by atoms with E-state index in [-0.39, 0.29) is 5.82 Å². The molecule has 0 aliphatic carbocycles. The Morgan fingerprint density at radius 1 is 1.04 bits per heavy atom. The molecule has 2 aromatic rings. The lowest BCUT2D eigenvalue weighted by Crippen LogP contribution is -2.36. The molecule has 1 heterocycles. The zero-order valence-electron chi connectivity index (χ0n) is 15.0. The molecule has 0 radical (unpaired) electrons. The highest BCUT2D eigenvalue weighted by Gasteiger charge is 2.27. The van der Waals surface area contributed by atoms with Gasteiger partial charge in [-0.1, -0.05) is 36.8 Å². The summed E-state index contributed by atoms with van der Waals surface area (Å²) < 4.78 is 41.2. The summed E-state index contributed by atoms with van der Waals surface area (Å²) in [4.78, 5) is 0.365. The van der Waals surface area contributed by atoms with Crippen molar-refractivity contribution in [2.24, 2.45) is 0 Å². The van der Waals surface area contributed by atoms with Gasteiger partial charge in [-0.25, -0.2) is 12.8 Å². The average molecular weight is 376 g/mol. The molecule has 1 aliphatic rings. The lowest BCUT2D eigenvalue weighted by molar-refractivity contribution is 0.346. The molecule has 0 spiro atoms. The Hall–Kier alpha value is -1.76. The first-order valence-corrected chi connectivity index (χ1v) is 10.5. The first-order chi connectivity index (χ1) is 12.5. The molecule has 140 valence electrons. The van der Waals surface area contributed by atoms with Crippen LogP contribution in [0.1, 0.15) is 36.0 Å². The molecule has 2 aromatic carbocycles. The molecule has 0 atom stereocenters. The number of rotatable bonds is 6. The number of aryl methyl sites for hydroxylation is 1. The minimum Gasteiger partial charge on any atom is -0.309 e. The van der Waals surface area contributed by atoms with E-state index in [2.05, 4.69) is 5.32 Å². The van der Waals surface area contributed by atoms with Crippen LogP contribution in [-0.2, 0) is 23.1 Å². The third-order valence-electron chi connectivity index (χ3n) is 4.79. The van der Waals surface area contributed by atoms with Crippen LogP contribution in [0, 0.1) is 12.7 Å². The van der Waals surface area contributed by atoms with Crippen molar-refractivity contribution >= 4 is 10.0 Å². The fraction of sp³-hybridized carbons (Fsp3) is 0.400. The van der Waals surface area contributed by atoms with Crippen LogP contribution in [0.5, 0.6) is 0 Å². The largest absolute Gasteiger partial charge is 0.309 e. The third-order valence-corrected chi connectivity index (χ3v) is 6.79. The van der Waals surface area contributed by atoms with Crippen LogP contribution in [0.25, 0.3) is 0 Å². The van der Waals surface area contributed by atoms with E-state index in [1.54, 1.807) is 29.4 Å². The van der Waals surface area contributed by atoms with Crippen molar-refractivity contribution in [1.29, 1.82) is 0 Å². The number of nitrogens with one attached hydrogen (secondary N) is 1. The lowest BCUT2D eigenvalue weighted by atomic mass is 10.1. The van der Waals surface area contributed by atoms with Gasteiger partial charge in [0.1, 0.15) is 5.82 Å². The van der Waals surface area contributed by atoms with E-state index in [4.69, 9.17) is 0 Å². The molecule has 4 nitrogen and oxygen atoms in total. The Kier molecular flexibility index (Phi) is 6.06. The second-order valence-electron chi connectivity index (χ2n) is 6.76. The van der Waals surface area contributed by atoms with Gasteiger partial charge in [0.2, 0.25) is 10.0 Å². The van der Waals surface area contributed by atoms with Crippen LogP contribution in [-0.4, -0.2) is 25.8 Å². The smallest absolute Gasteiger partial charge is 0.243 e. The van der Waals surface area contributed by atoms with Crippen molar-refractivity contribution < 1.29 is 12.8 Å². The van der Waals surface area contributed by atoms with Gasteiger partial charge in [0, 0.05) is 26.2 Å². The molecule has 6 heteroatoms. The number of sulfonamides is 1. The highest BCUT2D eigenvalue weighted by atomic mass is 32.2. The Labute approximate surface area is 155 Å². The Morgan fingerprint density at radius 3 is 2.50 bits per heavy atom. The minimum atomic E-state index is -3.47. The molecule has 0 unspecified atom stereocenters. The Balaban J connectivity index is 1.71. The fourth-order valence-corrected chi connectivity index (χ4v) is 4.97. The van der Waals surface area contributed by atoms with Crippen LogP contribution in [0.2, 0.25) is 0 Å². The summed E-state index contributed by atoms with van der Waals surface area (Å²) >= 11 is 0. The van der Waals surface area contributed by atoms with Gasteiger partial charge in [-0.3, -0.25) is 0 Å². The van der Waals surface area contributed by atoms with Crippen LogP contribution < -0.4 is 5.32 Å². The lowest BCUT2D eigenvalue weighted by Gasteiger charge is -2.26. The van der Waals surface area contributed by atoms with Gasteiger partial charge in [-0.15, -0.1) is 0 Å². The number of benzene rings is 2. The van der Waals surface area contributed by atoms with Crippen LogP contribution in [0.4, 0.5) is 4.39 Å². The molecule has 0 bridgehead atoms. The summed E-state index contributed by atoms with van der Waals surface area (Å²) in [6.45, 7) is 3.81. The van der Waals surface area contributed by atoms with Crippen molar-refractivity contribution in [3.8, 4) is 0 Å². The van der Waals surface area contributed by atoms with Gasteiger partial charge in [0.15, 0.2) is 0 Å². The molecule has 0 aromatic heterocycles. The Morgan fingerprint density at radius 2 is 1.77 bits per heavy atom. The molecular formula is C20H25FN2O2S. The van der Waals surface area contributed by atoms with Gasteiger partial charge in [0.25, 0.3) is 0 Å². The zero-order chi connectivity index (χ0) is 18.6. The van der Waals surface area contributed by atoms with Crippen molar-refractivity contribution in [3.05, 3.63) is 65.0 Å². The Bertz CT molecular complexity index is 862. The maximum atomic E-state index is 13.6. The molecule has 3 rings (SSSR count). The molecule has 0 amide bonds. The average Bonchev–Trinajstić information content (AvgIpc) is 2.66. The molecule has 26 heavy (non-hydrogen) atoms. The van der Waals surface area contributed by atoms with E-state index in [1.807, 2.05) is 18.2 Å². The first-order valence-electron chi connectivity index (χ1n) is 9.02. The van der Waals surface area contributed by atoms with E-state index < -0.39 is 10.0 Å². The maximum absolute atomic E-state index is 13.6. The van der Waals surface area contributed by atoms with Gasteiger partial charge in [-0.05, 0) is 48.6 Å². The summed E-state index contributed by atoms with van der Waals surface area (Å²) in [7, 11) is -3.47. The number of halogens is 1. The van der Waals surface area contributed by atoms with Gasteiger partial charge in [-0.2, -0.15) is 4.31 Å².